The summed E-state index contributed by atoms with van der Waals surface area (Å²) in [6.45, 7) is 0. The van der Waals surface area contributed by atoms with Crippen LogP contribution in [0.3, 0.4) is 0 Å². The van der Waals surface area contributed by atoms with Gasteiger partial charge in [0.05, 0.1) is 34.5 Å². The standard InChI is InChI=1S/C12H7BrCl2N4/c13-7-1-8(4-16-3-7)19-11(2-14)18-10-6-17-5-9(15)12(10)19/h1,3-6H,2H2. The van der Waals surface area contributed by atoms with Crippen LogP contribution in [0.1, 0.15) is 5.82 Å². The minimum atomic E-state index is 0.275. The highest BCUT2D eigenvalue weighted by Crippen LogP contribution is 2.28. The van der Waals surface area contributed by atoms with Crippen LogP contribution in [-0.2, 0) is 5.88 Å². The minimum absolute atomic E-state index is 0.275. The van der Waals surface area contributed by atoms with Crippen molar-refractivity contribution >= 4 is 50.2 Å². The predicted molar refractivity (Wildman–Crippen MR) is 78.9 cm³/mol. The van der Waals surface area contributed by atoms with Gasteiger partial charge in [-0.25, -0.2) is 4.98 Å². The van der Waals surface area contributed by atoms with Gasteiger partial charge in [-0.05, 0) is 22.0 Å². The molecule has 3 heterocycles. The number of halogens is 3. The van der Waals surface area contributed by atoms with Gasteiger partial charge in [-0.15, -0.1) is 11.6 Å². The second kappa shape index (κ2) is 5.07. The van der Waals surface area contributed by atoms with Gasteiger partial charge in [-0.3, -0.25) is 14.5 Å². The maximum Gasteiger partial charge on any atom is 0.129 e. The third-order valence-electron chi connectivity index (χ3n) is 2.65. The van der Waals surface area contributed by atoms with Crippen LogP contribution in [0.5, 0.6) is 0 Å². The van der Waals surface area contributed by atoms with Crippen molar-refractivity contribution in [3.63, 3.8) is 0 Å². The lowest BCUT2D eigenvalue weighted by atomic mass is 10.3. The summed E-state index contributed by atoms with van der Waals surface area (Å²) in [5.74, 6) is 0.976. The molecule has 0 fully saturated rings. The molecule has 0 aromatic carbocycles. The lowest BCUT2D eigenvalue weighted by Crippen LogP contribution is -2.00. The Morgan fingerprint density at radius 1 is 1.16 bits per heavy atom. The highest BCUT2D eigenvalue weighted by Gasteiger charge is 2.15. The lowest BCUT2D eigenvalue weighted by molar-refractivity contribution is 0.971. The van der Waals surface area contributed by atoms with Gasteiger partial charge in [0, 0.05) is 16.9 Å². The van der Waals surface area contributed by atoms with Crippen LogP contribution in [0.15, 0.2) is 35.3 Å². The molecule has 0 atom stereocenters. The Labute approximate surface area is 127 Å². The second-order valence-electron chi connectivity index (χ2n) is 3.85. The first kappa shape index (κ1) is 12.8. The molecule has 0 radical (unpaired) electrons. The molecule has 7 heteroatoms. The molecule has 0 amide bonds. The molecule has 0 unspecified atom stereocenters. The molecule has 0 aliphatic heterocycles. The molecule has 3 aromatic heterocycles. The quantitative estimate of drug-likeness (QED) is 0.652. The van der Waals surface area contributed by atoms with E-state index in [1.807, 2.05) is 10.6 Å². The normalized spacial score (nSPS) is 11.1. The van der Waals surface area contributed by atoms with Crippen molar-refractivity contribution < 1.29 is 0 Å². The molecule has 3 aromatic rings. The first-order valence-electron chi connectivity index (χ1n) is 5.38. The zero-order valence-electron chi connectivity index (χ0n) is 9.52. The molecule has 0 N–H and O–H groups in total. The summed E-state index contributed by atoms with van der Waals surface area (Å²) >= 11 is 15.6. The van der Waals surface area contributed by atoms with Crippen LogP contribution in [-0.4, -0.2) is 19.5 Å². The molecule has 96 valence electrons. The summed E-state index contributed by atoms with van der Waals surface area (Å²) in [6.07, 6.45) is 6.70. The number of rotatable bonds is 2. The van der Waals surface area contributed by atoms with Gasteiger partial charge in [0.2, 0.25) is 0 Å². The van der Waals surface area contributed by atoms with E-state index in [0.717, 1.165) is 15.7 Å². The molecule has 0 aliphatic rings. The third kappa shape index (κ3) is 2.22. The molecule has 0 saturated heterocycles. The largest absolute Gasteiger partial charge is 0.292 e. The van der Waals surface area contributed by atoms with Gasteiger partial charge in [0.25, 0.3) is 0 Å². The Morgan fingerprint density at radius 2 is 1.95 bits per heavy atom. The predicted octanol–water partition coefficient (Wildman–Crippen LogP) is 3.97. The van der Waals surface area contributed by atoms with Gasteiger partial charge in [-0.1, -0.05) is 11.6 Å². The maximum atomic E-state index is 6.22. The molecular formula is C12H7BrCl2N4. The van der Waals surface area contributed by atoms with E-state index in [1.54, 1.807) is 24.8 Å². The fraction of sp³-hybridized carbons (Fsp3) is 0.0833. The van der Waals surface area contributed by atoms with Crippen molar-refractivity contribution in [3.8, 4) is 5.69 Å². The average molecular weight is 358 g/mol. The van der Waals surface area contributed by atoms with Crippen molar-refractivity contribution in [1.82, 2.24) is 19.5 Å². The summed E-state index contributed by atoms with van der Waals surface area (Å²) in [5, 5.41) is 0.529. The van der Waals surface area contributed by atoms with Gasteiger partial charge in [0.15, 0.2) is 0 Å². The summed E-state index contributed by atoms with van der Waals surface area (Å²) in [7, 11) is 0. The molecular weight excluding hydrogens is 351 g/mol. The number of imidazole rings is 1. The second-order valence-corrected chi connectivity index (χ2v) is 5.44. The first-order chi connectivity index (χ1) is 9.20. The van der Waals surface area contributed by atoms with E-state index < -0.39 is 0 Å². The van der Waals surface area contributed by atoms with E-state index >= 15 is 0 Å². The summed E-state index contributed by atoms with van der Waals surface area (Å²) in [4.78, 5) is 12.6. The highest BCUT2D eigenvalue weighted by atomic mass is 79.9. The van der Waals surface area contributed by atoms with E-state index in [-0.39, 0.29) is 5.88 Å². The Balaban J connectivity index is 2.38. The fourth-order valence-corrected chi connectivity index (χ4v) is 2.70. The maximum absolute atomic E-state index is 6.22. The molecule has 0 saturated carbocycles. The van der Waals surface area contributed by atoms with Crippen molar-refractivity contribution in [1.29, 1.82) is 0 Å². The Kier molecular flexibility index (Phi) is 3.43. The zero-order valence-corrected chi connectivity index (χ0v) is 12.6. The molecule has 0 bridgehead atoms. The number of hydrogen-bond donors (Lipinski definition) is 0. The first-order valence-corrected chi connectivity index (χ1v) is 7.09. The average Bonchev–Trinajstić information content (AvgIpc) is 2.78. The minimum Gasteiger partial charge on any atom is -0.292 e. The smallest absolute Gasteiger partial charge is 0.129 e. The van der Waals surface area contributed by atoms with Gasteiger partial charge < -0.3 is 0 Å². The highest BCUT2D eigenvalue weighted by molar-refractivity contribution is 9.10. The van der Waals surface area contributed by atoms with E-state index in [0.29, 0.717) is 16.4 Å². The van der Waals surface area contributed by atoms with Gasteiger partial charge in [-0.2, -0.15) is 0 Å². The number of fused-ring (bicyclic) bond motifs is 1. The topological polar surface area (TPSA) is 43.6 Å². The van der Waals surface area contributed by atoms with E-state index in [2.05, 4.69) is 30.9 Å². The Bertz CT molecular complexity index is 757. The van der Waals surface area contributed by atoms with Crippen LogP contribution < -0.4 is 0 Å². The van der Waals surface area contributed by atoms with E-state index in [4.69, 9.17) is 23.2 Å². The third-order valence-corrected chi connectivity index (χ3v) is 3.60. The van der Waals surface area contributed by atoms with Gasteiger partial charge >= 0.3 is 0 Å². The summed E-state index contributed by atoms with van der Waals surface area (Å²) in [5.41, 5.74) is 2.34. The van der Waals surface area contributed by atoms with Crippen LogP contribution >= 0.6 is 39.1 Å². The van der Waals surface area contributed by atoms with Crippen LogP contribution in [0.25, 0.3) is 16.7 Å². The zero-order chi connectivity index (χ0) is 13.4. The number of nitrogens with zero attached hydrogens (tertiary/aromatic N) is 4. The van der Waals surface area contributed by atoms with Crippen LogP contribution in [0.2, 0.25) is 5.02 Å². The lowest BCUT2D eigenvalue weighted by Gasteiger charge is -2.08. The Morgan fingerprint density at radius 3 is 2.68 bits per heavy atom. The Hall–Kier alpha value is -1.17. The SMILES string of the molecule is ClCc1nc2cncc(Cl)c2n1-c1cncc(Br)c1. The van der Waals surface area contributed by atoms with Gasteiger partial charge in [0.1, 0.15) is 11.3 Å². The van der Waals surface area contributed by atoms with Crippen molar-refractivity contribution in [2.75, 3.05) is 0 Å². The monoisotopic (exact) mass is 356 g/mol. The van der Waals surface area contributed by atoms with Crippen LogP contribution in [0.4, 0.5) is 0 Å². The van der Waals surface area contributed by atoms with Crippen molar-refractivity contribution in [3.05, 3.63) is 46.2 Å². The van der Waals surface area contributed by atoms with Crippen molar-refractivity contribution in [2.45, 2.75) is 5.88 Å². The summed E-state index contributed by atoms with van der Waals surface area (Å²) < 4.78 is 2.77. The molecule has 4 nitrogen and oxygen atoms in total. The number of alkyl halides is 1. The van der Waals surface area contributed by atoms with E-state index in [9.17, 15) is 0 Å². The molecule has 0 spiro atoms. The van der Waals surface area contributed by atoms with Crippen LogP contribution in [0, 0.1) is 0 Å². The van der Waals surface area contributed by atoms with Crippen molar-refractivity contribution in [2.24, 2.45) is 0 Å². The number of pyridine rings is 2. The molecule has 19 heavy (non-hydrogen) atoms. The number of aromatic nitrogens is 4. The van der Waals surface area contributed by atoms with E-state index in [1.165, 1.54) is 0 Å². The summed E-state index contributed by atoms with van der Waals surface area (Å²) in [6, 6.07) is 1.93. The fourth-order valence-electron chi connectivity index (χ4n) is 1.93. The molecule has 0 aliphatic carbocycles. The number of hydrogen-bond acceptors (Lipinski definition) is 3. The molecule has 3 rings (SSSR count).